The summed E-state index contributed by atoms with van der Waals surface area (Å²) in [6, 6.07) is 10.4. The molecule has 0 atom stereocenters. The molecule has 5 heteroatoms. The second-order valence-corrected chi connectivity index (χ2v) is 5.11. The van der Waals surface area contributed by atoms with E-state index in [0.717, 1.165) is 6.08 Å². The van der Waals surface area contributed by atoms with E-state index >= 15 is 0 Å². The van der Waals surface area contributed by atoms with Gasteiger partial charge in [-0.1, -0.05) is 55.1 Å². The Morgan fingerprint density at radius 1 is 1.30 bits per heavy atom. The molecule has 1 rings (SSSR count). The lowest BCUT2D eigenvalue weighted by atomic mass is 10.1. The van der Waals surface area contributed by atoms with Crippen molar-refractivity contribution in [1.82, 2.24) is 0 Å². The highest BCUT2D eigenvalue weighted by atomic mass is 32.2. The minimum atomic E-state index is -4.46. The average molecular weight is 287 g/mol. The summed E-state index contributed by atoms with van der Waals surface area (Å²) in [6.45, 7) is 3.47. The summed E-state index contributed by atoms with van der Waals surface area (Å²) >= 11 is 0. The van der Waals surface area contributed by atoms with Gasteiger partial charge in [-0.2, -0.15) is 13.7 Å². The second-order valence-electron chi connectivity index (χ2n) is 3.72. The van der Waals surface area contributed by atoms with E-state index in [9.17, 15) is 13.0 Å². The van der Waals surface area contributed by atoms with Crippen LogP contribution in [0.4, 0.5) is 0 Å². The van der Waals surface area contributed by atoms with Crippen LogP contribution in [0.15, 0.2) is 71.7 Å². The first-order valence-corrected chi connectivity index (χ1v) is 7.06. The van der Waals surface area contributed by atoms with Gasteiger partial charge in [-0.05, 0) is 11.6 Å². The van der Waals surface area contributed by atoms with Crippen molar-refractivity contribution in [2.24, 2.45) is 0 Å². The van der Waals surface area contributed by atoms with Gasteiger partial charge in [0, 0.05) is 11.6 Å². The highest BCUT2D eigenvalue weighted by Gasteiger charge is 2.17. The summed E-state index contributed by atoms with van der Waals surface area (Å²) in [5.41, 5.74) is 0.676. The summed E-state index contributed by atoms with van der Waals surface area (Å²) < 4.78 is 32.3. The molecule has 1 aromatic carbocycles. The van der Waals surface area contributed by atoms with Crippen LogP contribution in [0.3, 0.4) is 0 Å². The molecule has 0 aliphatic rings. The summed E-state index contributed by atoms with van der Waals surface area (Å²) in [4.78, 5) is -0.344. The van der Waals surface area contributed by atoms with Gasteiger partial charge in [0.25, 0.3) is 10.1 Å². The maximum Gasteiger partial charge on any atom is 0.295 e. The van der Waals surface area contributed by atoms with Crippen molar-refractivity contribution in [3.63, 3.8) is 0 Å². The molecule has 0 saturated carbocycles. The molecule has 0 aliphatic carbocycles. The number of nitriles is 1. The molecule has 4 nitrogen and oxygen atoms in total. The molecule has 0 radical (unpaired) electrons. The van der Waals surface area contributed by atoms with Crippen LogP contribution in [0, 0.1) is 11.3 Å². The second kappa shape index (κ2) is 7.24. The topological polar surface area (TPSA) is 78.2 Å². The molecule has 0 aromatic heterocycles. The Labute approximate surface area is 118 Å². The van der Waals surface area contributed by atoms with Crippen LogP contribution in [0.1, 0.15) is 5.56 Å². The van der Waals surface area contributed by atoms with Crippen molar-refractivity contribution < 1.29 is 13.0 Å². The Morgan fingerprint density at radius 3 is 2.45 bits per heavy atom. The zero-order valence-electron chi connectivity index (χ0n) is 10.6. The van der Waals surface area contributed by atoms with E-state index in [0.29, 0.717) is 5.56 Å². The lowest BCUT2D eigenvalue weighted by molar-refractivity contribution is 0.492. The van der Waals surface area contributed by atoms with E-state index in [4.69, 9.17) is 5.26 Å². The summed E-state index contributed by atoms with van der Waals surface area (Å²) in [7, 11) is -4.46. The van der Waals surface area contributed by atoms with Gasteiger partial charge < -0.3 is 0 Å². The Hall–Kier alpha value is -2.42. The van der Waals surface area contributed by atoms with E-state index < -0.39 is 10.1 Å². The third kappa shape index (κ3) is 4.69. The molecule has 0 aliphatic heterocycles. The van der Waals surface area contributed by atoms with E-state index in [1.807, 2.05) is 0 Å². The van der Waals surface area contributed by atoms with Crippen molar-refractivity contribution in [3.05, 3.63) is 77.3 Å². The zero-order chi connectivity index (χ0) is 15.0. The Morgan fingerprint density at radius 2 is 1.95 bits per heavy atom. The Kier molecular flexibility index (Phi) is 5.66. The maximum atomic E-state index is 11.5. The largest absolute Gasteiger partial charge is 0.295 e. The fourth-order valence-electron chi connectivity index (χ4n) is 1.45. The monoisotopic (exact) mass is 287 g/mol. The minimum absolute atomic E-state index is 0.0822. The van der Waals surface area contributed by atoms with Gasteiger partial charge in [-0.25, -0.2) is 0 Å². The number of allylic oxidation sites excluding steroid dienone is 5. The van der Waals surface area contributed by atoms with Crippen LogP contribution >= 0.6 is 0 Å². The number of hydrogen-bond acceptors (Lipinski definition) is 3. The first-order chi connectivity index (χ1) is 9.49. The SMILES string of the molecule is C=CC=CC(=CC#N)C(=Cc1ccccc1)S(=O)(=O)O. The summed E-state index contributed by atoms with van der Waals surface area (Å²) in [5, 5.41) is 8.73. The molecule has 0 fully saturated rings. The smallest absolute Gasteiger partial charge is 0.282 e. The lowest BCUT2D eigenvalue weighted by Crippen LogP contribution is -2.03. The Bertz CT molecular complexity index is 705. The first-order valence-electron chi connectivity index (χ1n) is 5.62. The van der Waals surface area contributed by atoms with Crippen LogP contribution in [0.5, 0.6) is 0 Å². The van der Waals surface area contributed by atoms with Crippen LogP contribution < -0.4 is 0 Å². The molecule has 0 bridgehead atoms. The van der Waals surface area contributed by atoms with Crippen molar-refractivity contribution in [1.29, 1.82) is 5.26 Å². The molecule has 0 unspecified atom stereocenters. The van der Waals surface area contributed by atoms with E-state index in [1.165, 1.54) is 24.3 Å². The first kappa shape index (κ1) is 15.6. The van der Waals surface area contributed by atoms with Gasteiger partial charge in [0.05, 0.1) is 6.07 Å². The van der Waals surface area contributed by atoms with Gasteiger partial charge in [-0.3, -0.25) is 4.55 Å². The molecule has 0 spiro atoms. The molecule has 102 valence electrons. The molecule has 1 N–H and O–H groups in total. The molecule has 0 saturated heterocycles. The van der Waals surface area contributed by atoms with Crippen molar-refractivity contribution in [3.8, 4) is 6.07 Å². The van der Waals surface area contributed by atoms with E-state index in [2.05, 4.69) is 6.58 Å². The predicted molar refractivity (Wildman–Crippen MR) is 79.0 cm³/mol. The van der Waals surface area contributed by atoms with E-state index in [1.54, 1.807) is 36.4 Å². The standard InChI is InChI=1S/C15H13NO3S/c1-2-3-9-14(10-11-16)15(20(17,18)19)12-13-7-5-4-6-8-13/h2-10,12H,1H2,(H,17,18,19). The van der Waals surface area contributed by atoms with Gasteiger partial charge in [0.1, 0.15) is 4.91 Å². The molecule has 20 heavy (non-hydrogen) atoms. The van der Waals surface area contributed by atoms with Crippen molar-refractivity contribution >= 4 is 16.2 Å². The van der Waals surface area contributed by atoms with E-state index in [-0.39, 0.29) is 10.5 Å². The fourth-order valence-corrected chi connectivity index (χ4v) is 2.16. The van der Waals surface area contributed by atoms with Gasteiger partial charge in [0.2, 0.25) is 0 Å². The number of hydrogen-bond donors (Lipinski definition) is 1. The van der Waals surface area contributed by atoms with Crippen molar-refractivity contribution in [2.75, 3.05) is 0 Å². The minimum Gasteiger partial charge on any atom is -0.282 e. The molecule has 1 aromatic rings. The summed E-state index contributed by atoms with van der Waals surface area (Å²) in [5.74, 6) is 0. The molecular weight excluding hydrogens is 274 g/mol. The maximum absolute atomic E-state index is 11.5. The van der Waals surface area contributed by atoms with Crippen molar-refractivity contribution in [2.45, 2.75) is 0 Å². The van der Waals surface area contributed by atoms with Crippen LogP contribution in [0.2, 0.25) is 0 Å². The zero-order valence-corrected chi connectivity index (χ0v) is 11.4. The highest BCUT2D eigenvalue weighted by molar-refractivity contribution is 7.90. The fraction of sp³-hybridized carbons (Fsp3) is 0. The molecular formula is C15H13NO3S. The van der Waals surface area contributed by atoms with Crippen LogP contribution in [-0.4, -0.2) is 13.0 Å². The normalized spacial score (nSPS) is 13.2. The number of rotatable bonds is 5. The third-order valence-electron chi connectivity index (χ3n) is 2.29. The van der Waals surface area contributed by atoms with Gasteiger partial charge in [0.15, 0.2) is 0 Å². The highest BCUT2D eigenvalue weighted by Crippen LogP contribution is 2.21. The molecule has 0 amide bonds. The summed E-state index contributed by atoms with van der Waals surface area (Å²) in [6.07, 6.45) is 6.65. The molecule has 0 heterocycles. The lowest BCUT2D eigenvalue weighted by Gasteiger charge is -2.04. The van der Waals surface area contributed by atoms with Gasteiger partial charge in [-0.15, -0.1) is 0 Å². The van der Waals surface area contributed by atoms with Crippen LogP contribution in [-0.2, 0) is 10.1 Å². The Balaban J connectivity index is 3.44. The number of nitrogens with zero attached hydrogens (tertiary/aromatic N) is 1. The predicted octanol–water partition coefficient (Wildman–Crippen LogP) is 3.11. The van der Waals surface area contributed by atoms with Gasteiger partial charge >= 0.3 is 0 Å². The van der Waals surface area contributed by atoms with Crippen LogP contribution in [0.25, 0.3) is 6.08 Å². The average Bonchev–Trinajstić information content (AvgIpc) is 2.41. The quantitative estimate of drug-likeness (QED) is 0.512. The third-order valence-corrected chi connectivity index (χ3v) is 3.20. The number of benzene rings is 1.